The molecular formula is C15H9NOS2. The predicted molar refractivity (Wildman–Crippen MR) is 81.4 cm³/mol. The molecule has 0 spiro atoms. The van der Waals surface area contributed by atoms with Crippen LogP contribution in [0.4, 0.5) is 0 Å². The third-order valence-electron chi connectivity index (χ3n) is 3.13. The van der Waals surface area contributed by atoms with Crippen molar-refractivity contribution >= 4 is 48.9 Å². The summed E-state index contributed by atoms with van der Waals surface area (Å²) in [6, 6.07) is 13.5. The summed E-state index contributed by atoms with van der Waals surface area (Å²) in [7, 11) is 0. The molecule has 2 nitrogen and oxygen atoms in total. The molecule has 0 saturated carbocycles. The molecule has 1 aromatic carbocycles. The Balaban J connectivity index is 1.87. The molecule has 0 unspecified atom stereocenters. The number of H-pyrrole nitrogens is 1. The van der Waals surface area contributed by atoms with Gasteiger partial charge in [-0.3, -0.25) is 4.79 Å². The summed E-state index contributed by atoms with van der Waals surface area (Å²) < 4.78 is 2.43. The largest absolute Gasteiger partial charge is 0.353 e. The Bertz CT molecular complexity index is 883. The van der Waals surface area contributed by atoms with Crippen LogP contribution in [0.1, 0.15) is 15.2 Å². The van der Waals surface area contributed by atoms with Crippen molar-refractivity contribution < 1.29 is 4.79 Å². The topological polar surface area (TPSA) is 32.9 Å². The molecule has 0 aliphatic carbocycles. The van der Waals surface area contributed by atoms with E-state index in [1.54, 1.807) is 22.7 Å². The number of hydrogen-bond acceptors (Lipinski definition) is 3. The Morgan fingerprint density at radius 1 is 1.00 bits per heavy atom. The Morgan fingerprint density at radius 3 is 2.68 bits per heavy atom. The van der Waals surface area contributed by atoms with E-state index < -0.39 is 0 Å². The third kappa shape index (κ3) is 1.64. The molecule has 0 aliphatic heterocycles. The fraction of sp³-hybridized carbons (Fsp3) is 0. The summed E-state index contributed by atoms with van der Waals surface area (Å²) in [6.45, 7) is 0. The molecule has 1 N–H and O–H groups in total. The smallest absolute Gasteiger partial charge is 0.203 e. The van der Waals surface area contributed by atoms with Crippen molar-refractivity contribution in [3.05, 3.63) is 58.3 Å². The highest BCUT2D eigenvalue weighted by molar-refractivity contribution is 7.27. The van der Waals surface area contributed by atoms with E-state index in [-0.39, 0.29) is 5.78 Å². The van der Waals surface area contributed by atoms with Gasteiger partial charge in [-0.2, -0.15) is 0 Å². The van der Waals surface area contributed by atoms with E-state index in [0.29, 0.717) is 0 Å². The monoisotopic (exact) mass is 283 g/mol. The van der Waals surface area contributed by atoms with Crippen molar-refractivity contribution in [1.82, 2.24) is 4.98 Å². The zero-order valence-corrected chi connectivity index (χ0v) is 11.5. The van der Waals surface area contributed by atoms with Crippen molar-refractivity contribution in [1.29, 1.82) is 0 Å². The highest BCUT2D eigenvalue weighted by atomic mass is 32.1. The number of rotatable bonds is 2. The van der Waals surface area contributed by atoms with Crippen LogP contribution in [0.3, 0.4) is 0 Å². The zero-order valence-electron chi connectivity index (χ0n) is 9.84. The van der Waals surface area contributed by atoms with Crippen LogP contribution in [0, 0.1) is 0 Å². The first-order chi connectivity index (χ1) is 9.33. The molecule has 92 valence electrons. The van der Waals surface area contributed by atoms with Crippen molar-refractivity contribution in [2.75, 3.05) is 0 Å². The number of carbonyl (C=O) groups excluding carboxylic acids is 1. The molecule has 0 saturated heterocycles. The number of carbonyl (C=O) groups is 1. The maximum atomic E-state index is 12.4. The maximum Gasteiger partial charge on any atom is 0.203 e. The van der Waals surface area contributed by atoms with Crippen molar-refractivity contribution in [2.24, 2.45) is 0 Å². The van der Waals surface area contributed by atoms with Gasteiger partial charge in [-0.25, -0.2) is 0 Å². The van der Waals surface area contributed by atoms with Crippen LogP contribution < -0.4 is 0 Å². The van der Waals surface area contributed by atoms with Gasteiger partial charge in [-0.05, 0) is 17.5 Å². The molecule has 0 amide bonds. The van der Waals surface area contributed by atoms with Gasteiger partial charge in [0.25, 0.3) is 0 Å². The molecule has 0 aliphatic rings. The number of ketones is 1. The van der Waals surface area contributed by atoms with E-state index in [9.17, 15) is 4.79 Å². The molecule has 4 aromatic rings. The lowest BCUT2D eigenvalue weighted by molar-refractivity contribution is 0.104. The first kappa shape index (κ1) is 11.0. The second kappa shape index (κ2) is 4.05. The standard InChI is InChI=1S/C15H9NOS2/c17-13(9-4-2-1-3-5-9)12-8-11-15(19-12)14-10(16-11)6-7-18-14/h1-8,16H. The fourth-order valence-corrected chi connectivity index (χ4v) is 4.33. The van der Waals surface area contributed by atoms with E-state index in [2.05, 4.69) is 16.4 Å². The summed E-state index contributed by atoms with van der Waals surface area (Å²) >= 11 is 3.28. The molecule has 4 heteroatoms. The van der Waals surface area contributed by atoms with Gasteiger partial charge in [0.1, 0.15) is 0 Å². The van der Waals surface area contributed by atoms with Gasteiger partial charge in [-0.1, -0.05) is 30.3 Å². The van der Waals surface area contributed by atoms with Crippen LogP contribution in [-0.4, -0.2) is 10.8 Å². The molecule has 19 heavy (non-hydrogen) atoms. The summed E-state index contributed by atoms with van der Waals surface area (Å²) in [4.78, 5) is 16.5. The van der Waals surface area contributed by atoms with Crippen molar-refractivity contribution in [2.45, 2.75) is 0 Å². The molecule has 0 atom stereocenters. The average Bonchev–Trinajstić information content (AvgIpc) is 3.10. The minimum Gasteiger partial charge on any atom is -0.353 e. The van der Waals surface area contributed by atoms with Gasteiger partial charge < -0.3 is 4.98 Å². The first-order valence-electron chi connectivity index (χ1n) is 5.91. The van der Waals surface area contributed by atoms with Gasteiger partial charge in [0, 0.05) is 5.56 Å². The maximum absolute atomic E-state index is 12.4. The van der Waals surface area contributed by atoms with Crippen molar-refractivity contribution in [3.8, 4) is 0 Å². The van der Waals surface area contributed by atoms with E-state index in [1.807, 2.05) is 36.4 Å². The summed E-state index contributed by atoms with van der Waals surface area (Å²) in [5.74, 6) is 0.0971. The SMILES string of the molecule is O=C(c1ccccc1)c1cc2[nH]c3ccsc3c2s1. The summed E-state index contributed by atoms with van der Waals surface area (Å²) in [5.41, 5.74) is 2.96. The summed E-state index contributed by atoms with van der Waals surface area (Å²) in [6.07, 6.45) is 0. The number of aromatic amines is 1. The van der Waals surface area contributed by atoms with E-state index >= 15 is 0 Å². The molecular weight excluding hydrogens is 274 g/mol. The number of nitrogens with one attached hydrogen (secondary N) is 1. The quantitative estimate of drug-likeness (QED) is 0.532. The average molecular weight is 283 g/mol. The Kier molecular flexibility index (Phi) is 2.33. The van der Waals surface area contributed by atoms with E-state index in [0.717, 1.165) is 21.5 Å². The van der Waals surface area contributed by atoms with Gasteiger partial charge in [0.05, 0.1) is 25.3 Å². The lowest BCUT2D eigenvalue weighted by atomic mass is 10.1. The number of benzene rings is 1. The number of thiophene rings is 2. The second-order valence-corrected chi connectivity index (χ2v) is 6.31. The van der Waals surface area contributed by atoms with E-state index in [1.165, 1.54) is 9.40 Å². The van der Waals surface area contributed by atoms with Crippen LogP contribution >= 0.6 is 22.7 Å². The minimum absolute atomic E-state index is 0.0971. The number of aromatic nitrogens is 1. The number of fused-ring (bicyclic) bond motifs is 3. The second-order valence-electron chi connectivity index (χ2n) is 4.34. The van der Waals surface area contributed by atoms with Crippen molar-refractivity contribution in [3.63, 3.8) is 0 Å². The summed E-state index contributed by atoms with van der Waals surface area (Å²) in [5, 5.41) is 2.07. The Labute approximate surface area is 117 Å². The Hall–Kier alpha value is -1.91. The predicted octanol–water partition coefficient (Wildman–Crippen LogP) is 4.68. The highest BCUT2D eigenvalue weighted by Crippen LogP contribution is 2.36. The van der Waals surface area contributed by atoms with Gasteiger partial charge >= 0.3 is 0 Å². The molecule has 4 rings (SSSR count). The lowest BCUT2D eigenvalue weighted by Gasteiger charge is -1.96. The van der Waals surface area contributed by atoms with E-state index in [4.69, 9.17) is 0 Å². The lowest BCUT2D eigenvalue weighted by Crippen LogP contribution is -1.97. The van der Waals surface area contributed by atoms with Crippen LogP contribution in [0.5, 0.6) is 0 Å². The van der Waals surface area contributed by atoms with Gasteiger partial charge in [-0.15, -0.1) is 22.7 Å². The van der Waals surface area contributed by atoms with Crippen LogP contribution in [0.2, 0.25) is 0 Å². The Morgan fingerprint density at radius 2 is 1.84 bits per heavy atom. The van der Waals surface area contributed by atoms with Crippen LogP contribution in [-0.2, 0) is 0 Å². The normalized spacial score (nSPS) is 11.4. The van der Waals surface area contributed by atoms with Crippen LogP contribution in [0.15, 0.2) is 47.8 Å². The zero-order chi connectivity index (χ0) is 12.8. The molecule has 0 fully saturated rings. The molecule has 3 aromatic heterocycles. The molecule has 3 heterocycles. The van der Waals surface area contributed by atoms with Gasteiger partial charge in [0.15, 0.2) is 0 Å². The fourth-order valence-electron chi connectivity index (χ4n) is 2.22. The molecule has 0 radical (unpaired) electrons. The number of hydrogen-bond donors (Lipinski definition) is 1. The molecule has 0 bridgehead atoms. The highest BCUT2D eigenvalue weighted by Gasteiger charge is 2.15. The third-order valence-corrected chi connectivity index (χ3v) is 5.35. The minimum atomic E-state index is 0.0971. The first-order valence-corrected chi connectivity index (χ1v) is 7.61. The van der Waals surface area contributed by atoms with Crippen LogP contribution in [0.25, 0.3) is 20.4 Å². The van der Waals surface area contributed by atoms with Gasteiger partial charge in [0.2, 0.25) is 5.78 Å².